The Labute approximate surface area is 121 Å². The van der Waals surface area contributed by atoms with Crippen molar-refractivity contribution in [3.05, 3.63) is 64.7 Å². The molecule has 0 aromatic heterocycles. The standard InChI is InChI=1S/C18H22N2/c1-14-11-15(12-19)8-9-18(14)20-10-4-7-16-5-2-3-6-17(16)13-20/h2-3,5-6,8-9,11H,4,7,10,12-13,19H2,1H3. The maximum absolute atomic E-state index is 5.72. The summed E-state index contributed by atoms with van der Waals surface area (Å²) in [7, 11) is 0. The van der Waals surface area contributed by atoms with E-state index in [0.29, 0.717) is 6.54 Å². The lowest BCUT2D eigenvalue weighted by Gasteiger charge is -2.25. The number of hydrogen-bond donors (Lipinski definition) is 1. The summed E-state index contributed by atoms with van der Waals surface area (Å²) in [5.74, 6) is 0. The monoisotopic (exact) mass is 266 g/mol. The smallest absolute Gasteiger partial charge is 0.0432 e. The summed E-state index contributed by atoms with van der Waals surface area (Å²) in [6.45, 7) is 4.94. The van der Waals surface area contributed by atoms with Gasteiger partial charge < -0.3 is 10.6 Å². The van der Waals surface area contributed by atoms with Crippen molar-refractivity contribution in [3.8, 4) is 0 Å². The Kier molecular flexibility index (Phi) is 3.75. The van der Waals surface area contributed by atoms with Gasteiger partial charge in [-0.2, -0.15) is 0 Å². The van der Waals surface area contributed by atoms with Crippen molar-refractivity contribution in [2.75, 3.05) is 11.4 Å². The fourth-order valence-corrected chi connectivity index (χ4v) is 3.11. The van der Waals surface area contributed by atoms with Crippen LogP contribution in [0.3, 0.4) is 0 Å². The zero-order valence-corrected chi connectivity index (χ0v) is 12.1. The molecule has 0 spiro atoms. The minimum Gasteiger partial charge on any atom is -0.367 e. The van der Waals surface area contributed by atoms with Crippen molar-refractivity contribution in [2.45, 2.75) is 32.9 Å². The van der Waals surface area contributed by atoms with E-state index < -0.39 is 0 Å². The van der Waals surface area contributed by atoms with Crippen LogP contribution in [-0.2, 0) is 19.5 Å². The highest BCUT2D eigenvalue weighted by Crippen LogP contribution is 2.27. The van der Waals surface area contributed by atoms with E-state index in [1.54, 1.807) is 0 Å². The summed E-state index contributed by atoms with van der Waals surface area (Å²) in [5.41, 5.74) is 12.6. The van der Waals surface area contributed by atoms with Crippen LogP contribution >= 0.6 is 0 Å². The highest BCUT2D eigenvalue weighted by Gasteiger charge is 2.15. The SMILES string of the molecule is Cc1cc(CN)ccc1N1CCCc2ccccc2C1. The Morgan fingerprint density at radius 3 is 2.65 bits per heavy atom. The van der Waals surface area contributed by atoms with E-state index >= 15 is 0 Å². The molecule has 0 atom stereocenters. The molecule has 2 nitrogen and oxygen atoms in total. The molecule has 0 saturated carbocycles. The third kappa shape index (κ3) is 2.56. The average molecular weight is 266 g/mol. The van der Waals surface area contributed by atoms with E-state index in [4.69, 9.17) is 5.73 Å². The number of nitrogens with two attached hydrogens (primary N) is 1. The second kappa shape index (κ2) is 5.68. The summed E-state index contributed by atoms with van der Waals surface area (Å²) in [6, 6.07) is 15.4. The summed E-state index contributed by atoms with van der Waals surface area (Å²) in [6.07, 6.45) is 2.40. The number of anilines is 1. The van der Waals surface area contributed by atoms with Crippen LogP contribution in [0.5, 0.6) is 0 Å². The lowest BCUT2D eigenvalue weighted by molar-refractivity contribution is 0.763. The van der Waals surface area contributed by atoms with Crippen molar-refractivity contribution in [1.82, 2.24) is 0 Å². The molecule has 2 N–H and O–H groups in total. The molecule has 0 saturated heterocycles. The van der Waals surface area contributed by atoms with Crippen molar-refractivity contribution in [2.24, 2.45) is 5.73 Å². The average Bonchev–Trinajstić information content (AvgIpc) is 2.69. The fraction of sp³-hybridized carbons (Fsp3) is 0.333. The number of rotatable bonds is 2. The highest BCUT2D eigenvalue weighted by molar-refractivity contribution is 5.55. The van der Waals surface area contributed by atoms with Gasteiger partial charge in [0.05, 0.1) is 0 Å². The van der Waals surface area contributed by atoms with Gasteiger partial charge in [0.25, 0.3) is 0 Å². The Morgan fingerprint density at radius 1 is 1.10 bits per heavy atom. The molecule has 2 aromatic carbocycles. The lowest BCUT2D eigenvalue weighted by atomic mass is 10.0. The molecule has 3 rings (SSSR count). The molecule has 0 radical (unpaired) electrons. The summed E-state index contributed by atoms with van der Waals surface area (Å²) < 4.78 is 0. The van der Waals surface area contributed by atoms with Crippen LogP contribution in [0, 0.1) is 6.92 Å². The Balaban J connectivity index is 1.91. The number of fused-ring (bicyclic) bond motifs is 1. The van der Waals surface area contributed by atoms with E-state index in [0.717, 1.165) is 13.1 Å². The van der Waals surface area contributed by atoms with Crippen molar-refractivity contribution >= 4 is 5.69 Å². The van der Waals surface area contributed by atoms with E-state index in [1.165, 1.54) is 40.8 Å². The molecule has 2 heteroatoms. The zero-order chi connectivity index (χ0) is 13.9. The molecule has 0 fully saturated rings. The predicted molar refractivity (Wildman–Crippen MR) is 84.9 cm³/mol. The van der Waals surface area contributed by atoms with E-state index in [2.05, 4.69) is 54.3 Å². The zero-order valence-electron chi connectivity index (χ0n) is 12.1. The molecule has 0 unspecified atom stereocenters. The molecule has 1 heterocycles. The molecule has 1 aliphatic heterocycles. The predicted octanol–water partition coefficient (Wildman–Crippen LogP) is 3.41. The number of benzene rings is 2. The van der Waals surface area contributed by atoms with Crippen LogP contribution in [0.25, 0.3) is 0 Å². The van der Waals surface area contributed by atoms with Gasteiger partial charge in [-0.15, -0.1) is 0 Å². The fourth-order valence-electron chi connectivity index (χ4n) is 3.11. The molecule has 2 aromatic rings. The van der Waals surface area contributed by atoms with Gasteiger partial charge in [0.2, 0.25) is 0 Å². The lowest BCUT2D eigenvalue weighted by Crippen LogP contribution is -2.23. The number of hydrogen-bond acceptors (Lipinski definition) is 2. The van der Waals surface area contributed by atoms with Crippen LogP contribution in [0.4, 0.5) is 5.69 Å². The van der Waals surface area contributed by atoms with Crippen LogP contribution in [0.1, 0.15) is 28.7 Å². The second-order valence-corrected chi connectivity index (χ2v) is 5.62. The third-order valence-electron chi connectivity index (χ3n) is 4.19. The van der Waals surface area contributed by atoms with E-state index in [1.807, 2.05) is 0 Å². The highest BCUT2D eigenvalue weighted by atomic mass is 15.1. The minimum atomic E-state index is 0.615. The molecule has 0 bridgehead atoms. The first-order chi connectivity index (χ1) is 9.78. The minimum absolute atomic E-state index is 0.615. The Bertz CT molecular complexity index is 604. The number of nitrogens with zero attached hydrogens (tertiary/aromatic N) is 1. The van der Waals surface area contributed by atoms with Crippen molar-refractivity contribution in [3.63, 3.8) is 0 Å². The molecular weight excluding hydrogens is 244 g/mol. The Morgan fingerprint density at radius 2 is 1.90 bits per heavy atom. The van der Waals surface area contributed by atoms with E-state index in [-0.39, 0.29) is 0 Å². The normalized spacial score (nSPS) is 14.8. The van der Waals surface area contributed by atoms with Gasteiger partial charge in [-0.25, -0.2) is 0 Å². The van der Waals surface area contributed by atoms with Gasteiger partial charge in [-0.1, -0.05) is 36.4 Å². The van der Waals surface area contributed by atoms with Gasteiger partial charge in [0.1, 0.15) is 0 Å². The topological polar surface area (TPSA) is 29.3 Å². The third-order valence-corrected chi connectivity index (χ3v) is 4.19. The summed E-state index contributed by atoms with van der Waals surface area (Å²) in [5, 5.41) is 0. The van der Waals surface area contributed by atoms with Gasteiger partial charge in [-0.05, 0) is 48.1 Å². The first-order valence-corrected chi connectivity index (χ1v) is 7.39. The van der Waals surface area contributed by atoms with Gasteiger partial charge in [-0.3, -0.25) is 0 Å². The van der Waals surface area contributed by atoms with Crippen LogP contribution < -0.4 is 10.6 Å². The first-order valence-electron chi connectivity index (χ1n) is 7.39. The first kappa shape index (κ1) is 13.2. The molecular formula is C18H22N2. The number of aryl methyl sites for hydroxylation is 2. The van der Waals surface area contributed by atoms with E-state index in [9.17, 15) is 0 Å². The Hall–Kier alpha value is -1.80. The summed E-state index contributed by atoms with van der Waals surface area (Å²) >= 11 is 0. The van der Waals surface area contributed by atoms with Crippen molar-refractivity contribution < 1.29 is 0 Å². The van der Waals surface area contributed by atoms with Gasteiger partial charge in [0.15, 0.2) is 0 Å². The maximum Gasteiger partial charge on any atom is 0.0432 e. The van der Waals surface area contributed by atoms with Crippen LogP contribution in [-0.4, -0.2) is 6.54 Å². The molecule has 0 aliphatic carbocycles. The second-order valence-electron chi connectivity index (χ2n) is 5.62. The van der Waals surface area contributed by atoms with Gasteiger partial charge >= 0.3 is 0 Å². The largest absolute Gasteiger partial charge is 0.367 e. The van der Waals surface area contributed by atoms with Crippen LogP contribution in [0.2, 0.25) is 0 Å². The molecule has 20 heavy (non-hydrogen) atoms. The molecule has 1 aliphatic rings. The molecule has 104 valence electrons. The van der Waals surface area contributed by atoms with Gasteiger partial charge in [0, 0.05) is 25.3 Å². The summed E-state index contributed by atoms with van der Waals surface area (Å²) in [4.78, 5) is 2.50. The van der Waals surface area contributed by atoms with Crippen molar-refractivity contribution in [1.29, 1.82) is 0 Å². The molecule has 0 amide bonds. The van der Waals surface area contributed by atoms with Crippen LogP contribution in [0.15, 0.2) is 42.5 Å². The maximum atomic E-state index is 5.72. The quantitative estimate of drug-likeness (QED) is 0.902.